The number of esters is 1. The van der Waals surface area contributed by atoms with Crippen LogP contribution in [0.1, 0.15) is 40.0 Å². The van der Waals surface area contributed by atoms with Gasteiger partial charge in [-0.25, -0.2) is 4.79 Å². The second-order valence-corrected chi connectivity index (χ2v) is 6.35. The molecule has 5 nitrogen and oxygen atoms in total. The standard InChI is InChI=1S/C19H21ClN2O3/c1-11-4-5-14(8-12(11)2)13(3)22-18(23)10-25-19(24)15-6-7-16(20)17(21)9-15/h4-9,13H,10,21H2,1-3H3,(H,22,23). The third-order valence-electron chi connectivity index (χ3n) is 3.97. The molecule has 25 heavy (non-hydrogen) atoms. The van der Waals surface area contributed by atoms with Gasteiger partial charge in [-0.05, 0) is 55.7 Å². The highest BCUT2D eigenvalue weighted by atomic mass is 35.5. The van der Waals surface area contributed by atoms with Crippen LogP contribution in [0, 0.1) is 13.8 Å². The first-order valence-corrected chi connectivity index (χ1v) is 8.24. The molecule has 1 amide bonds. The highest BCUT2D eigenvalue weighted by Gasteiger charge is 2.14. The van der Waals surface area contributed by atoms with E-state index in [0.29, 0.717) is 5.02 Å². The normalized spacial score (nSPS) is 11.7. The molecule has 3 N–H and O–H groups in total. The number of nitrogen functional groups attached to an aromatic ring is 1. The second-order valence-electron chi connectivity index (χ2n) is 5.95. The number of ether oxygens (including phenoxy) is 1. The molecular weight excluding hydrogens is 340 g/mol. The van der Waals surface area contributed by atoms with Crippen molar-refractivity contribution in [2.24, 2.45) is 0 Å². The van der Waals surface area contributed by atoms with Gasteiger partial charge in [-0.1, -0.05) is 29.8 Å². The smallest absolute Gasteiger partial charge is 0.338 e. The highest BCUT2D eigenvalue weighted by Crippen LogP contribution is 2.20. The lowest BCUT2D eigenvalue weighted by atomic mass is 10.0. The molecule has 0 fully saturated rings. The first-order chi connectivity index (χ1) is 11.8. The van der Waals surface area contributed by atoms with Gasteiger partial charge in [-0.2, -0.15) is 0 Å². The summed E-state index contributed by atoms with van der Waals surface area (Å²) in [6.45, 7) is 5.57. The Morgan fingerprint density at radius 3 is 2.52 bits per heavy atom. The summed E-state index contributed by atoms with van der Waals surface area (Å²) in [5, 5.41) is 3.17. The lowest BCUT2D eigenvalue weighted by Crippen LogP contribution is -2.31. The number of carbonyl (C=O) groups excluding carboxylic acids is 2. The highest BCUT2D eigenvalue weighted by molar-refractivity contribution is 6.33. The van der Waals surface area contributed by atoms with E-state index in [9.17, 15) is 9.59 Å². The molecule has 0 aliphatic carbocycles. The minimum atomic E-state index is -0.627. The molecule has 132 valence electrons. The largest absolute Gasteiger partial charge is 0.452 e. The van der Waals surface area contributed by atoms with Crippen molar-refractivity contribution in [3.63, 3.8) is 0 Å². The Labute approximate surface area is 152 Å². The number of rotatable bonds is 5. The van der Waals surface area contributed by atoms with Crippen molar-refractivity contribution in [2.75, 3.05) is 12.3 Å². The Morgan fingerprint density at radius 2 is 1.88 bits per heavy atom. The van der Waals surface area contributed by atoms with Crippen LogP contribution in [0.3, 0.4) is 0 Å². The van der Waals surface area contributed by atoms with Crippen molar-refractivity contribution in [2.45, 2.75) is 26.8 Å². The fourth-order valence-corrected chi connectivity index (χ4v) is 2.40. The second kappa shape index (κ2) is 8.03. The maximum absolute atomic E-state index is 12.0. The number of nitrogens with two attached hydrogens (primary N) is 1. The summed E-state index contributed by atoms with van der Waals surface area (Å²) >= 11 is 5.81. The fourth-order valence-electron chi connectivity index (χ4n) is 2.29. The van der Waals surface area contributed by atoms with Gasteiger partial charge in [0.1, 0.15) is 0 Å². The Hall–Kier alpha value is -2.53. The number of anilines is 1. The number of hydrogen-bond acceptors (Lipinski definition) is 4. The third kappa shape index (κ3) is 4.97. The van der Waals surface area contributed by atoms with Gasteiger partial charge in [0.15, 0.2) is 6.61 Å². The van der Waals surface area contributed by atoms with Crippen molar-refractivity contribution in [3.8, 4) is 0 Å². The molecule has 2 rings (SSSR count). The van der Waals surface area contributed by atoms with E-state index in [1.165, 1.54) is 23.8 Å². The fraction of sp³-hybridized carbons (Fsp3) is 0.263. The minimum Gasteiger partial charge on any atom is -0.452 e. The number of amides is 1. The number of aryl methyl sites for hydroxylation is 2. The molecule has 0 aromatic heterocycles. The molecule has 1 atom stereocenters. The Morgan fingerprint density at radius 1 is 1.16 bits per heavy atom. The van der Waals surface area contributed by atoms with Crippen molar-refractivity contribution >= 4 is 29.2 Å². The summed E-state index contributed by atoms with van der Waals surface area (Å²) in [5.74, 6) is -1.00. The van der Waals surface area contributed by atoms with Gasteiger partial charge < -0.3 is 15.8 Å². The van der Waals surface area contributed by atoms with E-state index >= 15 is 0 Å². The number of benzene rings is 2. The Bertz CT molecular complexity index is 805. The molecule has 0 spiro atoms. The molecule has 0 saturated heterocycles. The van der Waals surface area contributed by atoms with Gasteiger partial charge in [0, 0.05) is 0 Å². The number of halogens is 1. The van der Waals surface area contributed by atoms with Crippen LogP contribution < -0.4 is 11.1 Å². The monoisotopic (exact) mass is 360 g/mol. The van der Waals surface area contributed by atoms with Crippen molar-refractivity contribution in [3.05, 3.63) is 63.7 Å². The van der Waals surface area contributed by atoms with Gasteiger partial charge in [-0.15, -0.1) is 0 Å². The van der Waals surface area contributed by atoms with Gasteiger partial charge in [0.25, 0.3) is 5.91 Å². The van der Waals surface area contributed by atoms with Crippen LogP contribution in [0.5, 0.6) is 0 Å². The van der Waals surface area contributed by atoms with E-state index in [2.05, 4.69) is 5.32 Å². The molecule has 0 saturated carbocycles. The average molecular weight is 361 g/mol. The third-order valence-corrected chi connectivity index (χ3v) is 4.32. The molecule has 0 heterocycles. The van der Waals surface area contributed by atoms with E-state index < -0.39 is 5.97 Å². The first-order valence-electron chi connectivity index (χ1n) is 7.86. The molecule has 0 radical (unpaired) electrons. The van der Waals surface area contributed by atoms with Crippen LogP contribution in [0.4, 0.5) is 5.69 Å². The van der Waals surface area contributed by atoms with E-state index in [1.807, 2.05) is 39.0 Å². The van der Waals surface area contributed by atoms with Crippen molar-refractivity contribution < 1.29 is 14.3 Å². The zero-order valence-electron chi connectivity index (χ0n) is 14.4. The van der Waals surface area contributed by atoms with Crippen molar-refractivity contribution in [1.29, 1.82) is 0 Å². The van der Waals surface area contributed by atoms with E-state index in [-0.39, 0.29) is 29.8 Å². The summed E-state index contributed by atoms with van der Waals surface area (Å²) in [6, 6.07) is 10.3. The number of nitrogens with one attached hydrogen (secondary N) is 1. The molecule has 6 heteroatoms. The number of hydrogen-bond donors (Lipinski definition) is 2. The van der Waals surface area contributed by atoms with Crippen LogP contribution >= 0.6 is 11.6 Å². The molecule has 1 unspecified atom stereocenters. The van der Waals surface area contributed by atoms with Crippen LogP contribution in [0.2, 0.25) is 5.02 Å². The first kappa shape index (κ1) is 18.8. The molecule has 0 aliphatic heterocycles. The average Bonchev–Trinajstić information content (AvgIpc) is 2.57. The maximum Gasteiger partial charge on any atom is 0.338 e. The van der Waals surface area contributed by atoms with E-state index in [4.69, 9.17) is 22.1 Å². The summed E-state index contributed by atoms with van der Waals surface area (Å²) in [7, 11) is 0. The molecule has 0 aliphatic rings. The molecule has 2 aromatic carbocycles. The summed E-state index contributed by atoms with van der Waals surface area (Å²) in [6.07, 6.45) is 0. The van der Waals surface area contributed by atoms with Crippen LogP contribution in [0.25, 0.3) is 0 Å². The topological polar surface area (TPSA) is 81.4 Å². The lowest BCUT2D eigenvalue weighted by molar-refractivity contribution is -0.124. The predicted molar refractivity (Wildman–Crippen MR) is 98.6 cm³/mol. The maximum atomic E-state index is 12.0. The summed E-state index contributed by atoms with van der Waals surface area (Å²) in [4.78, 5) is 24.0. The Kier molecular flexibility index (Phi) is 6.04. The van der Waals surface area contributed by atoms with E-state index in [1.54, 1.807) is 0 Å². The molecular formula is C19H21ClN2O3. The lowest BCUT2D eigenvalue weighted by Gasteiger charge is -2.16. The quantitative estimate of drug-likeness (QED) is 0.630. The van der Waals surface area contributed by atoms with Gasteiger partial charge in [0.2, 0.25) is 0 Å². The zero-order chi connectivity index (χ0) is 18.6. The zero-order valence-corrected chi connectivity index (χ0v) is 15.2. The Balaban J connectivity index is 1.90. The van der Waals surface area contributed by atoms with Crippen molar-refractivity contribution in [1.82, 2.24) is 5.32 Å². The number of carbonyl (C=O) groups is 2. The molecule has 0 bridgehead atoms. The molecule has 2 aromatic rings. The van der Waals surface area contributed by atoms with E-state index in [0.717, 1.165) is 11.1 Å². The predicted octanol–water partition coefficient (Wildman–Crippen LogP) is 3.57. The van der Waals surface area contributed by atoms with Crippen LogP contribution in [0.15, 0.2) is 36.4 Å². The SMILES string of the molecule is Cc1ccc(C(C)NC(=O)COC(=O)c2ccc(Cl)c(N)c2)cc1C. The minimum absolute atomic E-state index is 0.184. The summed E-state index contributed by atoms with van der Waals surface area (Å²) < 4.78 is 5.01. The van der Waals surface area contributed by atoms with Gasteiger partial charge in [0.05, 0.1) is 22.3 Å². The van der Waals surface area contributed by atoms with Gasteiger partial charge >= 0.3 is 5.97 Å². The van der Waals surface area contributed by atoms with Crippen LogP contribution in [-0.4, -0.2) is 18.5 Å². The van der Waals surface area contributed by atoms with Crippen LogP contribution in [-0.2, 0) is 9.53 Å². The summed E-state index contributed by atoms with van der Waals surface area (Å²) in [5.41, 5.74) is 9.52. The van der Waals surface area contributed by atoms with Gasteiger partial charge in [-0.3, -0.25) is 4.79 Å².